The Labute approximate surface area is 118 Å². The Kier molecular flexibility index (Phi) is 4.04. The van der Waals surface area contributed by atoms with Crippen LogP contribution in [0, 0.1) is 0 Å². The molecule has 100 valence electrons. The second-order valence-corrected chi connectivity index (χ2v) is 4.80. The lowest BCUT2D eigenvalue weighted by Gasteiger charge is -2.02. The number of carbonyl (C=O) groups is 1. The lowest BCUT2D eigenvalue weighted by Crippen LogP contribution is -2.32. The summed E-state index contributed by atoms with van der Waals surface area (Å²) in [4.78, 5) is 10.7. The predicted octanol–water partition coefficient (Wildman–Crippen LogP) is 1.53. The molecule has 2 rings (SSSR count). The maximum absolute atomic E-state index is 10.7. The van der Waals surface area contributed by atoms with E-state index in [9.17, 15) is 4.79 Å². The van der Waals surface area contributed by atoms with Gasteiger partial charge in [0, 0.05) is 16.5 Å². The van der Waals surface area contributed by atoms with E-state index in [2.05, 4.69) is 10.3 Å². The van der Waals surface area contributed by atoms with E-state index in [1.807, 2.05) is 0 Å². The van der Waals surface area contributed by atoms with Crippen LogP contribution < -0.4 is 5.73 Å². The summed E-state index contributed by atoms with van der Waals surface area (Å²) in [5.41, 5.74) is 6.54. The summed E-state index contributed by atoms with van der Waals surface area (Å²) in [6.07, 6.45) is 1.69. The van der Waals surface area contributed by atoms with Crippen molar-refractivity contribution in [3.05, 3.63) is 40.1 Å². The molecule has 0 aliphatic rings. The second-order valence-electron chi connectivity index (χ2n) is 3.93. The van der Waals surface area contributed by atoms with Gasteiger partial charge in [-0.2, -0.15) is 0 Å². The van der Waals surface area contributed by atoms with Crippen molar-refractivity contribution in [3.8, 4) is 5.69 Å². The predicted molar refractivity (Wildman–Crippen MR) is 70.7 cm³/mol. The van der Waals surface area contributed by atoms with E-state index in [0.29, 0.717) is 21.4 Å². The van der Waals surface area contributed by atoms with Crippen molar-refractivity contribution in [2.45, 2.75) is 12.5 Å². The number of benzene rings is 1. The van der Waals surface area contributed by atoms with Crippen molar-refractivity contribution in [3.63, 3.8) is 0 Å². The molecule has 0 bridgehead atoms. The molecule has 1 aromatic carbocycles. The number of nitrogens with zero attached hydrogens (tertiary/aromatic N) is 3. The highest BCUT2D eigenvalue weighted by molar-refractivity contribution is 6.34. The molecule has 0 fully saturated rings. The Bertz CT molecular complexity index is 594. The minimum Gasteiger partial charge on any atom is -0.480 e. The van der Waals surface area contributed by atoms with Crippen LogP contribution >= 0.6 is 23.2 Å². The number of carboxylic acid groups (broad SMARTS) is 1. The summed E-state index contributed by atoms with van der Waals surface area (Å²) in [6.45, 7) is 0. The van der Waals surface area contributed by atoms with Crippen LogP contribution in [0.5, 0.6) is 0 Å². The zero-order valence-corrected chi connectivity index (χ0v) is 11.1. The third-order valence-electron chi connectivity index (χ3n) is 2.40. The fourth-order valence-electron chi connectivity index (χ4n) is 1.50. The Balaban J connectivity index is 2.23. The fourth-order valence-corrected chi connectivity index (χ4v) is 2.02. The van der Waals surface area contributed by atoms with Gasteiger partial charge in [-0.05, 0) is 18.2 Å². The number of halogens is 2. The maximum atomic E-state index is 10.7. The first-order valence-corrected chi connectivity index (χ1v) is 6.07. The summed E-state index contributed by atoms with van der Waals surface area (Å²) >= 11 is 11.8. The van der Waals surface area contributed by atoms with Gasteiger partial charge in [0.05, 0.1) is 17.6 Å². The molecule has 0 spiro atoms. The van der Waals surface area contributed by atoms with Gasteiger partial charge < -0.3 is 10.8 Å². The van der Waals surface area contributed by atoms with Crippen LogP contribution in [0.2, 0.25) is 10.0 Å². The van der Waals surface area contributed by atoms with Gasteiger partial charge >= 0.3 is 5.97 Å². The third kappa shape index (κ3) is 3.44. The molecule has 0 aliphatic heterocycles. The summed E-state index contributed by atoms with van der Waals surface area (Å²) < 4.78 is 1.46. The molecule has 19 heavy (non-hydrogen) atoms. The molecule has 1 atom stereocenters. The van der Waals surface area contributed by atoms with Gasteiger partial charge in [0.1, 0.15) is 6.04 Å². The van der Waals surface area contributed by atoms with E-state index in [4.69, 9.17) is 34.0 Å². The van der Waals surface area contributed by atoms with Gasteiger partial charge in [-0.15, -0.1) is 5.10 Å². The first kappa shape index (κ1) is 13.8. The normalized spacial score (nSPS) is 12.4. The Morgan fingerprint density at radius 2 is 2.00 bits per heavy atom. The zero-order chi connectivity index (χ0) is 14.0. The van der Waals surface area contributed by atoms with Gasteiger partial charge in [-0.3, -0.25) is 4.79 Å². The summed E-state index contributed by atoms with van der Waals surface area (Å²) in [5, 5.41) is 17.4. The minimum atomic E-state index is -1.08. The topological polar surface area (TPSA) is 94.0 Å². The van der Waals surface area contributed by atoms with E-state index in [0.717, 1.165) is 0 Å². The number of aromatic nitrogens is 3. The number of aliphatic carboxylic acids is 1. The molecule has 3 N–H and O–H groups in total. The van der Waals surface area contributed by atoms with E-state index >= 15 is 0 Å². The van der Waals surface area contributed by atoms with Crippen molar-refractivity contribution in [2.24, 2.45) is 5.73 Å². The number of hydrogen-bond donors (Lipinski definition) is 2. The van der Waals surface area contributed by atoms with Gasteiger partial charge in [0.25, 0.3) is 0 Å². The molecule has 1 unspecified atom stereocenters. The molecule has 1 heterocycles. The van der Waals surface area contributed by atoms with Crippen molar-refractivity contribution >= 4 is 29.2 Å². The molecule has 0 aliphatic carbocycles. The smallest absolute Gasteiger partial charge is 0.320 e. The quantitative estimate of drug-likeness (QED) is 0.893. The van der Waals surface area contributed by atoms with Gasteiger partial charge in [0.15, 0.2) is 0 Å². The Morgan fingerprint density at radius 1 is 1.37 bits per heavy atom. The van der Waals surface area contributed by atoms with E-state index in [-0.39, 0.29) is 6.42 Å². The lowest BCUT2D eigenvalue weighted by atomic mass is 10.2. The van der Waals surface area contributed by atoms with Crippen molar-refractivity contribution in [2.75, 3.05) is 0 Å². The van der Waals surface area contributed by atoms with Crippen LogP contribution in [0.3, 0.4) is 0 Å². The second kappa shape index (κ2) is 5.56. The van der Waals surface area contributed by atoms with Crippen molar-refractivity contribution in [1.29, 1.82) is 0 Å². The molecule has 1 aromatic heterocycles. The monoisotopic (exact) mass is 300 g/mol. The summed E-state index contributed by atoms with van der Waals surface area (Å²) in [5.74, 6) is -1.08. The van der Waals surface area contributed by atoms with Crippen LogP contribution in [0.25, 0.3) is 5.69 Å². The number of hydrogen-bond acceptors (Lipinski definition) is 4. The first-order chi connectivity index (χ1) is 8.95. The molecule has 6 nitrogen and oxygen atoms in total. The number of nitrogens with two attached hydrogens (primary N) is 1. The number of carboxylic acids is 1. The Morgan fingerprint density at radius 3 is 2.58 bits per heavy atom. The van der Waals surface area contributed by atoms with Crippen molar-refractivity contribution < 1.29 is 9.90 Å². The standard InChI is InChI=1S/C11H10Cl2N4O2/c12-6-1-7(13)3-9(2-6)17-5-8(15-16-17)4-10(14)11(18)19/h1-3,5,10H,4,14H2,(H,18,19). The van der Waals surface area contributed by atoms with Crippen LogP contribution in [0.1, 0.15) is 5.69 Å². The van der Waals surface area contributed by atoms with Gasteiger partial charge in [-0.1, -0.05) is 28.4 Å². The number of rotatable bonds is 4. The van der Waals surface area contributed by atoms with Crippen LogP contribution in [0.15, 0.2) is 24.4 Å². The highest BCUT2D eigenvalue weighted by Gasteiger charge is 2.14. The summed E-state index contributed by atoms with van der Waals surface area (Å²) in [6, 6.07) is 3.93. The molecule has 0 radical (unpaired) electrons. The molecule has 8 heteroatoms. The van der Waals surface area contributed by atoms with E-state index in [1.165, 1.54) is 4.68 Å². The highest BCUT2D eigenvalue weighted by atomic mass is 35.5. The van der Waals surface area contributed by atoms with Gasteiger partial charge in [-0.25, -0.2) is 4.68 Å². The fraction of sp³-hybridized carbons (Fsp3) is 0.182. The van der Waals surface area contributed by atoms with Gasteiger partial charge in [0.2, 0.25) is 0 Å². The highest BCUT2D eigenvalue weighted by Crippen LogP contribution is 2.21. The average molecular weight is 301 g/mol. The first-order valence-electron chi connectivity index (χ1n) is 5.32. The molecule has 2 aromatic rings. The molecular formula is C11H10Cl2N4O2. The SMILES string of the molecule is NC(Cc1cn(-c2cc(Cl)cc(Cl)c2)nn1)C(=O)O. The van der Waals surface area contributed by atoms with Crippen LogP contribution in [-0.4, -0.2) is 32.1 Å². The maximum Gasteiger partial charge on any atom is 0.320 e. The molecular weight excluding hydrogens is 291 g/mol. The largest absolute Gasteiger partial charge is 0.480 e. The average Bonchev–Trinajstić information content (AvgIpc) is 2.76. The van der Waals surface area contributed by atoms with Crippen LogP contribution in [0.4, 0.5) is 0 Å². The zero-order valence-electron chi connectivity index (χ0n) is 9.62. The molecule has 0 saturated heterocycles. The minimum absolute atomic E-state index is 0.101. The lowest BCUT2D eigenvalue weighted by molar-refractivity contribution is -0.138. The van der Waals surface area contributed by atoms with Crippen molar-refractivity contribution in [1.82, 2.24) is 15.0 Å². The summed E-state index contributed by atoms with van der Waals surface area (Å²) in [7, 11) is 0. The Hall–Kier alpha value is -1.63. The van der Waals surface area contributed by atoms with E-state index < -0.39 is 12.0 Å². The van der Waals surface area contributed by atoms with Crippen LogP contribution in [-0.2, 0) is 11.2 Å². The molecule has 0 saturated carbocycles. The third-order valence-corrected chi connectivity index (χ3v) is 2.84. The van der Waals surface area contributed by atoms with E-state index in [1.54, 1.807) is 24.4 Å². The molecule has 0 amide bonds.